The van der Waals surface area contributed by atoms with Gasteiger partial charge in [0.15, 0.2) is 0 Å². The van der Waals surface area contributed by atoms with Gasteiger partial charge in [0.1, 0.15) is 0 Å². The fourth-order valence-corrected chi connectivity index (χ4v) is 5.76. The van der Waals surface area contributed by atoms with E-state index in [9.17, 15) is 13.2 Å². The predicted octanol–water partition coefficient (Wildman–Crippen LogP) is 3.72. The highest BCUT2D eigenvalue weighted by molar-refractivity contribution is 7.89. The monoisotopic (exact) mass is 427 g/mol. The largest absolute Gasteiger partial charge is 0.371 e. The minimum absolute atomic E-state index is 0.00866. The minimum Gasteiger partial charge on any atom is -0.371 e. The van der Waals surface area contributed by atoms with E-state index in [1.807, 2.05) is 18.2 Å². The summed E-state index contributed by atoms with van der Waals surface area (Å²) >= 11 is 0. The number of nitrogens with one attached hydrogen (secondary N) is 1. The zero-order chi connectivity index (χ0) is 21.0. The van der Waals surface area contributed by atoms with Crippen LogP contribution in [0.4, 0.5) is 11.4 Å². The quantitative estimate of drug-likeness (QED) is 0.790. The molecule has 30 heavy (non-hydrogen) atoms. The molecule has 2 heterocycles. The van der Waals surface area contributed by atoms with Gasteiger partial charge in [0.25, 0.3) is 0 Å². The van der Waals surface area contributed by atoms with E-state index in [-0.39, 0.29) is 11.8 Å². The van der Waals surface area contributed by atoms with Gasteiger partial charge >= 0.3 is 0 Å². The summed E-state index contributed by atoms with van der Waals surface area (Å²) < 4.78 is 27.1. The molecule has 0 radical (unpaired) electrons. The van der Waals surface area contributed by atoms with Crippen LogP contribution in [0, 0.1) is 5.92 Å². The van der Waals surface area contributed by atoms with Gasteiger partial charge in [0.05, 0.1) is 4.90 Å². The van der Waals surface area contributed by atoms with Gasteiger partial charge in [-0.2, -0.15) is 4.31 Å². The number of nitrogens with zero attached hydrogens (tertiary/aromatic N) is 2. The van der Waals surface area contributed by atoms with Crippen LogP contribution < -0.4 is 10.2 Å². The molecular formula is C23H29N3O3S. The number of hydrogen-bond acceptors (Lipinski definition) is 4. The van der Waals surface area contributed by atoms with Crippen LogP contribution in [0.5, 0.6) is 0 Å². The number of piperidine rings is 2. The summed E-state index contributed by atoms with van der Waals surface area (Å²) in [7, 11) is -3.45. The molecule has 0 aliphatic carbocycles. The number of rotatable bonds is 5. The molecule has 4 rings (SSSR count). The first-order valence-electron chi connectivity index (χ1n) is 10.7. The van der Waals surface area contributed by atoms with Crippen molar-refractivity contribution in [1.29, 1.82) is 0 Å². The number of benzene rings is 2. The SMILES string of the molecule is O=C(Nc1ccc(S(=O)(=O)N2CCCCC2)cc1)C1CCN(c2ccccc2)CC1. The zero-order valence-electron chi connectivity index (χ0n) is 17.2. The first kappa shape index (κ1) is 20.9. The lowest BCUT2D eigenvalue weighted by Crippen LogP contribution is -2.38. The van der Waals surface area contributed by atoms with Gasteiger partial charge in [-0.25, -0.2) is 8.42 Å². The summed E-state index contributed by atoms with van der Waals surface area (Å²) in [6.07, 6.45) is 4.53. The van der Waals surface area contributed by atoms with Crippen LogP contribution >= 0.6 is 0 Å². The standard InChI is InChI=1S/C23H29N3O3S/c27-23(19-13-17-25(18-14-19)21-7-3-1-4-8-21)24-20-9-11-22(12-10-20)30(28,29)26-15-5-2-6-16-26/h1,3-4,7-12,19H,2,5-6,13-18H2,(H,24,27). The van der Waals surface area contributed by atoms with Gasteiger partial charge in [-0.05, 0) is 62.1 Å². The van der Waals surface area contributed by atoms with Crippen LogP contribution in [0.2, 0.25) is 0 Å². The maximum absolute atomic E-state index is 12.7. The van der Waals surface area contributed by atoms with Crippen LogP contribution in [0.15, 0.2) is 59.5 Å². The van der Waals surface area contributed by atoms with Crippen LogP contribution in [0.25, 0.3) is 0 Å². The molecule has 2 aromatic carbocycles. The van der Waals surface area contributed by atoms with Crippen molar-refractivity contribution in [2.24, 2.45) is 5.92 Å². The molecule has 1 N–H and O–H groups in total. The molecular weight excluding hydrogens is 398 g/mol. The molecule has 0 saturated carbocycles. The molecule has 0 bridgehead atoms. The predicted molar refractivity (Wildman–Crippen MR) is 119 cm³/mol. The van der Waals surface area contributed by atoms with Crippen LogP contribution in [-0.2, 0) is 14.8 Å². The molecule has 0 unspecified atom stereocenters. The van der Waals surface area contributed by atoms with E-state index in [0.717, 1.165) is 45.2 Å². The normalized spacial score (nSPS) is 18.9. The van der Waals surface area contributed by atoms with Crippen molar-refractivity contribution in [3.63, 3.8) is 0 Å². The maximum atomic E-state index is 12.7. The smallest absolute Gasteiger partial charge is 0.243 e. The van der Waals surface area contributed by atoms with Crippen LogP contribution in [-0.4, -0.2) is 44.8 Å². The summed E-state index contributed by atoms with van der Waals surface area (Å²) in [6, 6.07) is 16.8. The van der Waals surface area contributed by atoms with Gasteiger partial charge in [-0.3, -0.25) is 4.79 Å². The minimum atomic E-state index is -3.45. The van der Waals surface area contributed by atoms with Crippen molar-refractivity contribution in [1.82, 2.24) is 4.31 Å². The van der Waals surface area contributed by atoms with E-state index >= 15 is 0 Å². The molecule has 6 nitrogen and oxygen atoms in total. The molecule has 7 heteroatoms. The fraction of sp³-hybridized carbons (Fsp3) is 0.435. The lowest BCUT2D eigenvalue weighted by atomic mass is 9.95. The van der Waals surface area contributed by atoms with Gasteiger partial charge in [-0.1, -0.05) is 24.6 Å². The summed E-state index contributed by atoms with van der Waals surface area (Å²) in [5, 5.41) is 2.96. The van der Waals surface area contributed by atoms with Crippen molar-refractivity contribution in [3.05, 3.63) is 54.6 Å². The lowest BCUT2D eigenvalue weighted by Gasteiger charge is -2.33. The van der Waals surface area contributed by atoms with E-state index in [4.69, 9.17) is 0 Å². The molecule has 2 saturated heterocycles. The van der Waals surface area contributed by atoms with Gasteiger partial charge in [-0.15, -0.1) is 0 Å². The van der Waals surface area contributed by atoms with Crippen molar-refractivity contribution in [2.45, 2.75) is 37.0 Å². The van der Waals surface area contributed by atoms with Crippen molar-refractivity contribution < 1.29 is 13.2 Å². The third-order valence-corrected chi connectivity index (χ3v) is 7.97. The Morgan fingerprint density at radius 3 is 2.10 bits per heavy atom. The Bertz CT molecular complexity index is 947. The highest BCUT2D eigenvalue weighted by Crippen LogP contribution is 2.25. The number of carbonyl (C=O) groups excluding carboxylic acids is 1. The fourth-order valence-electron chi connectivity index (χ4n) is 4.25. The molecule has 1 amide bonds. The number of hydrogen-bond donors (Lipinski definition) is 1. The topological polar surface area (TPSA) is 69.7 Å². The molecule has 0 spiro atoms. The molecule has 2 fully saturated rings. The molecule has 0 atom stereocenters. The summed E-state index contributed by atoms with van der Waals surface area (Å²) in [5.41, 5.74) is 1.84. The molecule has 2 aromatic rings. The highest BCUT2D eigenvalue weighted by atomic mass is 32.2. The van der Waals surface area contributed by atoms with E-state index in [2.05, 4.69) is 22.3 Å². The average Bonchev–Trinajstić information content (AvgIpc) is 2.81. The second kappa shape index (κ2) is 9.18. The van der Waals surface area contributed by atoms with Crippen molar-refractivity contribution in [2.75, 3.05) is 36.4 Å². The second-order valence-electron chi connectivity index (χ2n) is 8.08. The van der Waals surface area contributed by atoms with E-state index < -0.39 is 10.0 Å². The Morgan fingerprint density at radius 2 is 1.47 bits per heavy atom. The first-order valence-corrected chi connectivity index (χ1v) is 12.2. The number of amides is 1. The molecule has 2 aliphatic rings. The van der Waals surface area contributed by atoms with E-state index in [0.29, 0.717) is 23.7 Å². The Kier molecular flexibility index (Phi) is 6.39. The summed E-state index contributed by atoms with van der Waals surface area (Å²) in [6.45, 7) is 2.88. The third-order valence-electron chi connectivity index (χ3n) is 6.06. The van der Waals surface area contributed by atoms with Gasteiger partial charge < -0.3 is 10.2 Å². The summed E-state index contributed by atoms with van der Waals surface area (Å²) in [4.78, 5) is 15.3. The number of para-hydroxylation sites is 1. The Balaban J connectivity index is 1.33. The van der Waals surface area contributed by atoms with Crippen molar-refractivity contribution >= 4 is 27.3 Å². The molecule has 2 aliphatic heterocycles. The third kappa shape index (κ3) is 4.68. The number of anilines is 2. The van der Waals surface area contributed by atoms with E-state index in [1.165, 1.54) is 5.69 Å². The van der Waals surface area contributed by atoms with Crippen molar-refractivity contribution in [3.8, 4) is 0 Å². The second-order valence-corrected chi connectivity index (χ2v) is 10.0. The maximum Gasteiger partial charge on any atom is 0.243 e. The van der Waals surface area contributed by atoms with Crippen LogP contribution in [0.1, 0.15) is 32.1 Å². The molecule has 160 valence electrons. The Morgan fingerprint density at radius 1 is 0.833 bits per heavy atom. The Hall–Kier alpha value is -2.38. The van der Waals surface area contributed by atoms with Gasteiger partial charge in [0, 0.05) is 43.5 Å². The highest BCUT2D eigenvalue weighted by Gasteiger charge is 2.27. The lowest BCUT2D eigenvalue weighted by molar-refractivity contribution is -0.120. The number of carbonyl (C=O) groups is 1. The number of sulfonamides is 1. The van der Waals surface area contributed by atoms with Gasteiger partial charge in [0.2, 0.25) is 15.9 Å². The Labute approximate surface area is 178 Å². The first-order chi connectivity index (χ1) is 14.5. The zero-order valence-corrected chi connectivity index (χ0v) is 18.0. The molecule has 0 aromatic heterocycles. The van der Waals surface area contributed by atoms with E-state index in [1.54, 1.807) is 28.6 Å². The summed E-state index contributed by atoms with van der Waals surface area (Å²) in [5.74, 6) is -0.0175. The van der Waals surface area contributed by atoms with Crippen LogP contribution in [0.3, 0.4) is 0 Å². The average molecular weight is 428 g/mol.